The molecule has 4 amide bonds. The van der Waals surface area contributed by atoms with E-state index in [0.717, 1.165) is 83.5 Å². The molecule has 5 atom stereocenters. The number of ketones is 1. The first-order valence-corrected chi connectivity index (χ1v) is 22.2. The number of unbranched alkanes of at least 4 members (excludes halogenated alkanes) is 1. The minimum absolute atomic E-state index is 0.131. The number of rotatable bonds is 17. The van der Waals surface area contributed by atoms with Crippen LogP contribution < -0.4 is 21.3 Å². The van der Waals surface area contributed by atoms with Gasteiger partial charge < -0.3 is 26.1 Å². The molecule has 12 heteroatoms. The Hall–Kier alpha value is -2.34. The van der Waals surface area contributed by atoms with Crippen molar-refractivity contribution in [2.24, 2.45) is 11.8 Å². The molecule has 11 nitrogen and oxygen atoms in total. The van der Waals surface area contributed by atoms with E-state index < -0.39 is 34.6 Å². The van der Waals surface area contributed by atoms with Gasteiger partial charge in [0.15, 0.2) is 0 Å². The van der Waals surface area contributed by atoms with Gasteiger partial charge >= 0.3 is 6.03 Å². The molecule has 3 aliphatic rings. The summed E-state index contributed by atoms with van der Waals surface area (Å²) in [5.74, 6) is -0.0858. The molecule has 3 fully saturated rings. The largest absolute Gasteiger partial charge is 0.347 e. The van der Waals surface area contributed by atoms with Gasteiger partial charge in [0.25, 0.3) is 5.91 Å². The Morgan fingerprint density at radius 3 is 1.87 bits per heavy atom. The summed E-state index contributed by atoms with van der Waals surface area (Å²) in [6.07, 6.45) is 15.6. The average molecular weight is 770 g/mol. The van der Waals surface area contributed by atoms with Crippen LogP contribution in [0.15, 0.2) is 0 Å². The van der Waals surface area contributed by atoms with Crippen molar-refractivity contribution in [1.82, 2.24) is 26.2 Å². The van der Waals surface area contributed by atoms with E-state index in [2.05, 4.69) is 49.0 Å². The molecular formula is C41H79N5O6S. The SMILES string of the molecule is CC.CC(C)CCC(NC(=O)C1CCCN1C)C(=O)C(=O)NC1CC1.CCCC.CCCC(CS(=O)C(C)(C)C)NC(=O)NC(C=O)C1CCCCC1. The number of amides is 4. The molecule has 1 aliphatic heterocycles. The summed E-state index contributed by atoms with van der Waals surface area (Å²) in [6, 6.07) is -1.61. The summed E-state index contributed by atoms with van der Waals surface area (Å²) in [5.41, 5.74) is 0. The lowest BCUT2D eigenvalue weighted by molar-refractivity contribution is -0.140. The van der Waals surface area contributed by atoms with Crippen molar-refractivity contribution in [3.63, 3.8) is 0 Å². The van der Waals surface area contributed by atoms with Gasteiger partial charge in [-0.1, -0.05) is 87.0 Å². The highest BCUT2D eigenvalue weighted by atomic mass is 32.2. The topological polar surface area (TPSA) is 154 Å². The van der Waals surface area contributed by atoms with Crippen molar-refractivity contribution in [2.75, 3.05) is 19.3 Å². The van der Waals surface area contributed by atoms with Crippen molar-refractivity contribution in [3.05, 3.63) is 0 Å². The van der Waals surface area contributed by atoms with Crippen molar-refractivity contribution in [1.29, 1.82) is 0 Å². The van der Waals surface area contributed by atoms with Gasteiger partial charge in [-0.3, -0.25) is 23.5 Å². The number of hydrogen-bond donors (Lipinski definition) is 4. The van der Waals surface area contributed by atoms with Crippen molar-refractivity contribution in [3.8, 4) is 0 Å². The van der Waals surface area contributed by atoms with Crippen LogP contribution in [0.5, 0.6) is 0 Å². The highest BCUT2D eigenvalue weighted by molar-refractivity contribution is 7.86. The van der Waals surface area contributed by atoms with E-state index in [1.165, 1.54) is 19.3 Å². The summed E-state index contributed by atoms with van der Waals surface area (Å²) in [5, 5.41) is 11.3. The lowest BCUT2D eigenvalue weighted by atomic mass is 9.84. The second kappa shape index (κ2) is 28.1. The number of urea groups is 1. The summed E-state index contributed by atoms with van der Waals surface area (Å²) in [6.45, 7) is 21.3. The van der Waals surface area contributed by atoms with Gasteiger partial charge in [0.05, 0.1) is 18.1 Å². The first-order valence-electron chi connectivity index (χ1n) is 20.8. The Morgan fingerprint density at radius 2 is 1.42 bits per heavy atom. The molecule has 0 aromatic heterocycles. The van der Waals surface area contributed by atoms with Crippen molar-refractivity contribution in [2.45, 2.75) is 201 Å². The van der Waals surface area contributed by atoms with E-state index >= 15 is 0 Å². The van der Waals surface area contributed by atoms with Crippen LogP contribution in [-0.2, 0) is 30.0 Å². The number of likely N-dealkylation sites (N-methyl/N-ethyl adjacent to an activating group) is 1. The molecule has 3 rings (SSSR count). The quantitative estimate of drug-likeness (QED) is 0.0935. The Bertz CT molecular complexity index is 1090. The zero-order valence-electron chi connectivity index (χ0n) is 35.4. The van der Waals surface area contributed by atoms with E-state index in [9.17, 15) is 28.2 Å². The number of hydrogen-bond acceptors (Lipinski definition) is 7. The molecular weight excluding hydrogens is 691 g/mol. The molecule has 1 saturated heterocycles. The minimum Gasteiger partial charge on any atom is -0.347 e. The fourth-order valence-corrected chi connectivity index (χ4v) is 7.15. The fraction of sp³-hybridized carbons (Fsp3) is 0.878. The van der Waals surface area contributed by atoms with Gasteiger partial charge in [-0.2, -0.15) is 0 Å². The highest BCUT2D eigenvalue weighted by Gasteiger charge is 2.35. The van der Waals surface area contributed by atoms with Crippen molar-refractivity contribution >= 4 is 40.7 Å². The van der Waals surface area contributed by atoms with Crippen LogP contribution in [0.4, 0.5) is 4.79 Å². The van der Waals surface area contributed by atoms with Crippen LogP contribution in [0, 0.1) is 11.8 Å². The van der Waals surface area contributed by atoms with Gasteiger partial charge in [0.1, 0.15) is 6.29 Å². The number of aldehydes is 1. The number of Topliss-reactive ketones (excluding diaryl/α,β-unsaturated/α-hetero) is 1. The molecule has 310 valence electrons. The third-order valence-electron chi connectivity index (χ3n) is 9.74. The zero-order valence-corrected chi connectivity index (χ0v) is 36.3. The molecule has 2 saturated carbocycles. The minimum atomic E-state index is -1.02. The first kappa shape index (κ1) is 50.7. The van der Waals surface area contributed by atoms with E-state index in [1.807, 2.05) is 53.5 Å². The van der Waals surface area contributed by atoms with Crippen LogP contribution >= 0.6 is 0 Å². The number of carbonyl (C=O) groups excluding carboxylic acids is 5. The maximum Gasteiger partial charge on any atom is 0.315 e. The predicted molar refractivity (Wildman–Crippen MR) is 219 cm³/mol. The summed E-state index contributed by atoms with van der Waals surface area (Å²) in [4.78, 5) is 62.5. The fourth-order valence-electron chi connectivity index (χ4n) is 6.03. The highest BCUT2D eigenvalue weighted by Crippen LogP contribution is 2.26. The van der Waals surface area contributed by atoms with E-state index in [4.69, 9.17) is 0 Å². The monoisotopic (exact) mass is 770 g/mol. The van der Waals surface area contributed by atoms with E-state index in [1.54, 1.807) is 0 Å². The summed E-state index contributed by atoms with van der Waals surface area (Å²) >= 11 is 0. The molecule has 0 spiro atoms. The molecule has 4 N–H and O–H groups in total. The zero-order chi connectivity index (χ0) is 40.6. The molecule has 0 radical (unpaired) electrons. The Morgan fingerprint density at radius 1 is 0.811 bits per heavy atom. The van der Waals surface area contributed by atoms with Crippen LogP contribution in [0.3, 0.4) is 0 Å². The molecule has 0 aromatic carbocycles. The van der Waals surface area contributed by atoms with Gasteiger partial charge in [-0.15, -0.1) is 0 Å². The standard InChI is InChI=1S/C18H34N2O3S.C17H29N3O3.C4H10.C2H6/c1-5-9-15(13-24(23)18(2,3)4)19-17(22)20-16(12-21)14-10-7-6-8-11-14;1-11(2)6-9-13(15(21)17(23)18-12-7-8-12)19-16(22)14-5-4-10-20(14)3;1-3-4-2;1-2/h12,14-16H,5-11,13H2,1-4H3,(H2,19,20,22);11-14H,4-10H2,1-3H3,(H,18,23)(H,19,22);3-4H2,1-2H3;1-2H3. The molecule has 0 aromatic rings. The predicted octanol–water partition coefficient (Wildman–Crippen LogP) is 6.83. The Balaban J connectivity index is 0.000000888. The number of carbonyl (C=O) groups is 5. The molecule has 2 aliphatic carbocycles. The number of likely N-dealkylation sites (tertiary alicyclic amines) is 1. The van der Waals surface area contributed by atoms with Crippen LogP contribution in [0.2, 0.25) is 0 Å². The third kappa shape index (κ3) is 22.0. The molecule has 5 unspecified atom stereocenters. The van der Waals surface area contributed by atoms with Gasteiger partial charge in [0.2, 0.25) is 11.7 Å². The van der Waals surface area contributed by atoms with Crippen molar-refractivity contribution < 1.29 is 28.2 Å². The summed E-state index contributed by atoms with van der Waals surface area (Å²) < 4.78 is 12.0. The van der Waals surface area contributed by atoms with Gasteiger partial charge in [-0.05, 0) is 104 Å². The third-order valence-corrected chi connectivity index (χ3v) is 11.8. The molecule has 0 bridgehead atoms. The van der Waals surface area contributed by atoms with E-state index in [0.29, 0.717) is 18.1 Å². The van der Waals surface area contributed by atoms with Crippen LogP contribution in [-0.4, -0.2) is 93.3 Å². The molecule has 53 heavy (non-hydrogen) atoms. The number of nitrogens with zero attached hydrogens (tertiary/aromatic N) is 1. The second-order valence-corrected chi connectivity index (χ2v) is 18.3. The maximum absolute atomic E-state index is 12.4. The van der Waals surface area contributed by atoms with Crippen LogP contribution in [0.25, 0.3) is 0 Å². The normalized spacial score (nSPS) is 19.7. The van der Waals surface area contributed by atoms with E-state index in [-0.39, 0.29) is 40.7 Å². The van der Waals surface area contributed by atoms with Gasteiger partial charge in [0, 0.05) is 33.4 Å². The molecule has 1 heterocycles. The second-order valence-electron chi connectivity index (χ2n) is 16.1. The van der Waals surface area contributed by atoms with Crippen LogP contribution in [0.1, 0.15) is 166 Å². The lowest BCUT2D eigenvalue weighted by Crippen LogP contribution is -2.52. The Kier molecular flexibility index (Phi) is 26.9. The Labute approximate surface area is 325 Å². The smallest absolute Gasteiger partial charge is 0.315 e. The first-order chi connectivity index (χ1) is 25.1. The van der Waals surface area contributed by atoms with Gasteiger partial charge in [-0.25, -0.2) is 4.79 Å². The maximum atomic E-state index is 12.4. The lowest BCUT2D eigenvalue weighted by Gasteiger charge is -2.28. The summed E-state index contributed by atoms with van der Waals surface area (Å²) in [7, 11) is 0.903. The number of nitrogens with one attached hydrogen (secondary N) is 4. The average Bonchev–Trinajstić information content (AvgIpc) is 3.84.